The maximum absolute atomic E-state index is 6.24. The summed E-state index contributed by atoms with van der Waals surface area (Å²) in [5.74, 6) is 1.69. The number of benzene rings is 1. The van der Waals surface area contributed by atoms with Gasteiger partial charge in [-0.15, -0.1) is 0 Å². The van der Waals surface area contributed by atoms with Crippen molar-refractivity contribution in [2.45, 2.75) is 38.6 Å². The molecule has 18 heavy (non-hydrogen) atoms. The van der Waals surface area contributed by atoms with Crippen molar-refractivity contribution in [2.24, 2.45) is 5.92 Å². The first-order valence-corrected chi connectivity index (χ1v) is 7.18. The second kappa shape index (κ2) is 6.44. The van der Waals surface area contributed by atoms with E-state index in [0.29, 0.717) is 11.1 Å². The number of ether oxygens (including phenoxy) is 1. The third kappa shape index (κ3) is 3.39. The Hall–Kier alpha value is -0.730. The fourth-order valence-corrected chi connectivity index (χ4v) is 2.43. The SMILES string of the molecule is CNC(C)c1ccc(OCCC2CCC2)c(Cl)c1. The van der Waals surface area contributed by atoms with Crippen molar-refractivity contribution in [2.75, 3.05) is 13.7 Å². The van der Waals surface area contributed by atoms with Crippen molar-refractivity contribution in [1.82, 2.24) is 5.32 Å². The zero-order chi connectivity index (χ0) is 13.0. The molecule has 0 amide bonds. The van der Waals surface area contributed by atoms with Crippen LogP contribution in [0.3, 0.4) is 0 Å². The van der Waals surface area contributed by atoms with E-state index < -0.39 is 0 Å². The standard InChI is InChI=1S/C15H22ClNO/c1-11(17-2)13-6-7-15(14(16)10-13)18-9-8-12-4-3-5-12/h6-7,10-12,17H,3-5,8-9H2,1-2H3. The van der Waals surface area contributed by atoms with Crippen LogP contribution in [0.2, 0.25) is 5.02 Å². The van der Waals surface area contributed by atoms with E-state index in [1.165, 1.54) is 24.8 Å². The largest absolute Gasteiger partial charge is 0.492 e. The predicted octanol–water partition coefficient (Wildman–Crippen LogP) is 4.19. The first kappa shape index (κ1) is 13.7. The van der Waals surface area contributed by atoms with E-state index >= 15 is 0 Å². The van der Waals surface area contributed by atoms with E-state index in [-0.39, 0.29) is 0 Å². The van der Waals surface area contributed by atoms with Gasteiger partial charge in [-0.05, 0) is 44.0 Å². The Kier molecular flexibility index (Phi) is 4.90. The normalized spacial score (nSPS) is 17.3. The number of hydrogen-bond donors (Lipinski definition) is 1. The highest BCUT2D eigenvalue weighted by atomic mass is 35.5. The number of halogens is 1. The van der Waals surface area contributed by atoms with Gasteiger partial charge < -0.3 is 10.1 Å². The second-order valence-electron chi connectivity index (χ2n) is 5.13. The molecule has 100 valence electrons. The van der Waals surface area contributed by atoms with Crippen LogP contribution in [-0.4, -0.2) is 13.7 Å². The van der Waals surface area contributed by atoms with E-state index in [1.807, 2.05) is 19.2 Å². The van der Waals surface area contributed by atoms with Gasteiger partial charge in [0.1, 0.15) is 5.75 Å². The summed E-state index contributed by atoms with van der Waals surface area (Å²) in [6, 6.07) is 6.35. The predicted molar refractivity (Wildman–Crippen MR) is 76.4 cm³/mol. The Morgan fingerprint density at radius 1 is 1.44 bits per heavy atom. The minimum Gasteiger partial charge on any atom is -0.492 e. The van der Waals surface area contributed by atoms with E-state index in [1.54, 1.807) is 0 Å². The van der Waals surface area contributed by atoms with Crippen molar-refractivity contribution in [3.8, 4) is 5.75 Å². The number of rotatable bonds is 6. The first-order chi connectivity index (χ1) is 8.70. The summed E-state index contributed by atoms with van der Waals surface area (Å²) in [4.78, 5) is 0. The molecule has 1 fully saturated rings. The average molecular weight is 268 g/mol. The average Bonchev–Trinajstić information content (AvgIpc) is 2.32. The Balaban J connectivity index is 1.87. The molecule has 1 unspecified atom stereocenters. The summed E-state index contributed by atoms with van der Waals surface area (Å²) < 4.78 is 5.76. The highest BCUT2D eigenvalue weighted by Gasteiger charge is 2.17. The highest BCUT2D eigenvalue weighted by molar-refractivity contribution is 6.32. The van der Waals surface area contributed by atoms with Crippen LogP contribution in [-0.2, 0) is 0 Å². The molecular formula is C15H22ClNO. The van der Waals surface area contributed by atoms with Crippen molar-refractivity contribution in [3.05, 3.63) is 28.8 Å². The molecule has 2 nitrogen and oxygen atoms in total. The van der Waals surface area contributed by atoms with Crippen molar-refractivity contribution in [1.29, 1.82) is 0 Å². The van der Waals surface area contributed by atoms with E-state index in [9.17, 15) is 0 Å². The van der Waals surface area contributed by atoms with Gasteiger partial charge in [-0.25, -0.2) is 0 Å². The molecule has 3 heteroatoms. The zero-order valence-corrected chi connectivity index (χ0v) is 12.0. The molecule has 1 aromatic carbocycles. The molecular weight excluding hydrogens is 246 g/mol. The Morgan fingerprint density at radius 2 is 2.22 bits per heavy atom. The van der Waals surface area contributed by atoms with Crippen LogP contribution in [0.5, 0.6) is 5.75 Å². The Bertz CT molecular complexity index is 390. The molecule has 0 bridgehead atoms. The topological polar surface area (TPSA) is 21.3 Å². The molecule has 2 rings (SSSR count). The van der Waals surface area contributed by atoms with Crippen molar-refractivity contribution < 1.29 is 4.74 Å². The number of nitrogens with one attached hydrogen (secondary N) is 1. The van der Waals surface area contributed by atoms with E-state index in [4.69, 9.17) is 16.3 Å². The lowest BCUT2D eigenvalue weighted by molar-refractivity contribution is 0.222. The van der Waals surface area contributed by atoms with Gasteiger partial charge in [-0.1, -0.05) is 36.9 Å². The lowest BCUT2D eigenvalue weighted by Gasteiger charge is -2.25. The van der Waals surface area contributed by atoms with Gasteiger partial charge in [0.15, 0.2) is 0 Å². The number of hydrogen-bond acceptors (Lipinski definition) is 2. The van der Waals surface area contributed by atoms with Crippen LogP contribution in [0.4, 0.5) is 0 Å². The molecule has 0 spiro atoms. The summed E-state index contributed by atoms with van der Waals surface area (Å²) in [6.07, 6.45) is 5.29. The fraction of sp³-hybridized carbons (Fsp3) is 0.600. The first-order valence-electron chi connectivity index (χ1n) is 6.80. The summed E-state index contributed by atoms with van der Waals surface area (Å²) in [7, 11) is 1.95. The van der Waals surface area contributed by atoms with Crippen LogP contribution >= 0.6 is 11.6 Å². The molecule has 1 N–H and O–H groups in total. The monoisotopic (exact) mass is 267 g/mol. The zero-order valence-electron chi connectivity index (χ0n) is 11.2. The molecule has 1 atom stereocenters. The molecule has 0 aromatic heterocycles. The molecule has 0 aliphatic heterocycles. The molecule has 0 radical (unpaired) electrons. The smallest absolute Gasteiger partial charge is 0.137 e. The summed E-state index contributed by atoms with van der Waals surface area (Å²) in [5, 5.41) is 3.91. The summed E-state index contributed by atoms with van der Waals surface area (Å²) in [5.41, 5.74) is 1.19. The Morgan fingerprint density at radius 3 is 2.78 bits per heavy atom. The minimum absolute atomic E-state index is 0.312. The lowest BCUT2D eigenvalue weighted by atomic mass is 9.83. The van der Waals surface area contributed by atoms with Gasteiger partial charge in [-0.2, -0.15) is 0 Å². The summed E-state index contributed by atoms with van der Waals surface area (Å²) >= 11 is 6.24. The van der Waals surface area contributed by atoms with Gasteiger partial charge in [0.05, 0.1) is 11.6 Å². The van der Waals surface area contributed by atoms with Crippen molar-refractivity contribution in [3.63, 3.8) is 0 Å². The van der Waals surface area contributed by atoms with Gasteiger partial charge >= 0.3 is 0 Å². The quantitative estimate of drug-likeness (QED) is 0.834. The maximum Gasteiger partial charge on any atom is 0.137 e. The second-order valence-corrected chi connectivity index (χ2v) is 5.54. The molecule has 1 aliphatic rings. The van der Waals surface area contributed by atoms with Gasteiger partial charge in [0.2, 0.25) is 0 Å². The fourth-order valence-electron chi connectivity index (χ4n) is 2.19. The lowest BCUT2D eigenvalue weighted by Crippen LogP contribution is -2.15. The van der Waals surface area contributed by atoms with E-state index in [0.717, 1.165) is 24.7 Å². The third-order valence-electron chi connectivity index (χ3n) is 3.90. The van der Waals surface area contributed by atoms with Crippen molar-refractivity contribution >= 4 is 11.6 Å². The van der Waals surface area contributed by atoms with Gasteiger partial charge in [-0.3, -0.25) is 0 Å². The summed E-state index contributed by atoms with van der Waals surface area (Å²) in [6.45, 7) is 2.90. The Labute approximate surface area is 115 Å². The van der Waals surface area contributed by atoms with Crippen LogP contribution in [0.25, 0.3) is 0 Å². The van der Waals surface area contributed by atoms with Crippen LogP contribution < -0.4 is 10.1 Å². The highest BCUT2D eigenvalue weighted by Crippen LogP contribution is 2.31. The maximum atomic E-state index is 6.24. The van der Waals surface area contributed by atoms with Crippen LogP contribution in [0.15, 0.2) is 18.2 Å². The van der Waals surface area contributed by atoms with Gasteiger partial charge in [0.25, 0.3) is 0 Å². The van der Waals surface area contributed by atoms with E-state index in [2.05, 4.69) is 18.3 Å². The molecule has 0 heterocycles. The van der Waals surface area contributed by atoms with Crippen LogP contribution in [0.1, 0.15) is 44.2 Å². The minimum atomic E-state index is 0.312. The van der Waals surface area contributed by atoms with Gasteiger partial charge in [0, 0.05) is 6.04 Å². The molecule has 0 saturated heterocycles. The molecule has 1 aromatic rings. The van der Waals surface area contributed by atoms with Crippen LogP contribution in [0, 0.1) is 5.92 Å². The third-order valence-corrected chi connectivity index (χ3v) is 4.19. The molecule has 1 saturated carbocycles. The molecule has 1 aliphatic carbocycles.